The second-order valence-electron chi connectivity index (χ2n) is 4.62. The van der Waals surface area contributed by atoms with Crippen LogP contribution in [0.1, 0.15) is 16.8 Å². The maximum atomic E-state index is 12.1. The molecule has 0 aliphatic carbocycles. The molecule has 3 amide bonds. The van der Waals surface area contributed by atoms with Gasteiger partial charge in [-0.25, -0.2) is 0 Å². The maximum Gasteiger partial charge on any atom is 0.325 e. The molecule has 0 bridgehead atoms. The van der Waals surface area contributed by atoms with E-state index < -0.39 is 29.7 Å². The lowest BCUT2D eigenvalue weighted by molar-refractivity contribution is -0.141. The minimum atomic E-state index is -1.02. The molecule has 2 rings (SSSR count). The number of para-hydroxylation sites is 1. The number of ether oxygens (including phenoxy) is 1. The molecule has 116 valence electrons. The third kappa shape index (κ3) is 3.60. The van der Waals surface area contributed by atoms with Gasteiger partial charge in [0, 0.05) is 0 Å². The average molecular weight is 305 g/mol. The third-order valence-electron chi connectivity index (χ3n) is 3.10. The molecule has 0 aromatic heterocycles. The van der Waals surface area contributed by atoms with Crippen molar-refractivity contribution < 1.29 is 23.9 Å². The number of amides is 3. The van der Waals surface area contributed by atoms with E-state index in [0.29, 0.717) is 11.3 Å². The Morgan fingerprint density at radius 1 is 1.27 bits per heavy atom. The zero-order chi connectivity index (χ0) is 16.1. The van der Waals surface area contributed by atoms with Crippen LogP contribution in [0.5, 0.6) is 0 Å². The molecule has 1 aliphatic heterocycles. The highest BCUT2D eigenvalue weighted by Crippen LogP contribution is 2.18. The second kappa shape index (κ2) is 6.70. The lowest BCUT2D eigenvalue weighted by atomic mass is 10.1. The van der Waals surface area contributed by atoms with Crippen LogP contribution in [0.3, 0.4) is 0 Å². The maximum absolute atomic E-state index is 12.1. The van der Waals surface area contributed by atoms with Crippen molar-refractivity contribution in [2.24, 2.45) is 0 Å². The predicted molar refractivity (Wildman–Crippen MR) is 76.0 cm³/mol. The van der Waals surface area contributed by atoms with Gasteiger partial charge in [0.2, 0.25) is 11.8 Å². The van der Waals surface area contributed by atoms with Gasteiger partial charge >= 0.3 is 5.97 Å². The van der Waals surface area contributed by atoms with Crippen molar-refractivity contribution in [3.63, 3.8) is 0 Å². The molecule has 0 saturated heterocycles. The van der Waals surface area contributed by atoms with Crippen molar-refractivity contribution >= 4 is 29.4 Å². The van der Waals surface area contributed by atoms with Crippen molar-refractivity contribution in [1.82, 2.24) is 10.6 Å². The first-order valence-corrected chi connectivity index (χ1v) is 6.55. The van der Waals surface area contributed by atoms with Gasteiger partial charge in [-0.2, -0.15) is 0 Å². The van der Waals surface area contributed by atoms with Crippen LogP contribution in [0.4, 0.5) is 5.69 Å². The fraction of sp³-hybridized carbons (Fsp3) is 0.286. The number of carbonyl (C=O) groups excluding carboxylic acids is 4. The molecule has 0 spiro atoms. The summed E-state index contributed by atoms with van der Waals surface area (Å²) in [5.74, 6) is -2.09. The lowest BCUT2D eigenvalue weighted by Gasteiger charge is -2.14. The standard InChI is InChI=1S/C14H15N3O5/c1-22-12(19)7-15-11(18)6-10-14(21)16-9-5-3-2-4-8(9)13(20)17-10/h2-5,10H,6-7H2,1H3,(H,15,18)(H,16,21)(H,17,20)/t10-/m0/s1. The van der Waals surface area contributed by atoms with E-state index in [1.807, 2.05) is 0 Å². The molecular weight excluding hydrogens is 290 g/mol. The summed E-state index contributed by atoms with van der Waals surface area (Å²) in [5.41, 5.74) is 0.718. The van der Waals surface area contributed by atoms with Crippen molar-refractivity contribution in [1.29, 1.82) is 0 Å². The monoisotopic (exact) mass is 305 g/mol. The Labute approximate surface area is 126 Å². The van der Waals surface area contributed by atoms with Crippen LogP contribution in [-0.2, 0) is 19.1 Å². The van der Waals surface area contributed by atoms with Gasteiger partial charge in [-0.3, -0.25) is 19.2 Å². The predicted octanol–water partition coefficient (Wildman–Crippen LogP) is -0.584. The molecule has 0 unspecified atom stereocenters. The van der Waals surface area contributed by atoms with Crippen molar-refractivity contribution in [3.8, 4) is 0 Å². The highest BCUT2D eigenvalue weighted by molar-refractivity contribution is 6.10. The van der Waals surface area contributed by atoms with Crippen LogP contribution in [0.2, 0.25) is 0 Å². The van der Waals surface area contributed by atoms with E-state index in [1.54, 1.807) is 24.3 Å². The number of methoxy groups -OCH3 is 1. The summed E-state index contributed by atoms with van der Waals surface area (Å²) in [4.78, 5) is 46.8. The molecule has 22 heavy (non-hydrogen) atoms. The van der Waals surface area contributed by atoms with Gasteiger partial charge in [-0.15, -0.1) is 0 Å². The number of fused-ring (bicyclic) bond motifs is 1. The van der Waals surface area contributed by atoms with E-state index in [-0.39, 0.29) is 13.0 Å². The van der Waals surface area contributed by atoms with Crippen LogP contribution in [0, 0.1) is 0 Å². The van der Waals surface area contributed by atoms with Gasteiger partial charge in [0.15, 0.2) is 0 Å². The largest absolute Gasteiger partial charge is 0.468 e. The Hall–Kier alpha value is -2.90. The van der Waals surface area contributed by atoms with E-state index >= 15 is 0 Å². The molecule has 8 heteroatoms. The Bertz CT molecular complexity index is 629. The zero-order valence-corrected chi connectivity index (χ0v) is 11.8. The van der Waals surface area contributed by atoms with Crippen LogP contribution < -0.4 is 16.0 Å². The lowest BCUT2D eigenvalue weighted by Crippen LogP contribution is -2.45. The van der Waals surface area contributed by atoms with Crippen molar-refractivity contribution in [2.45, 2.75) is 12.5 Å². The summed E-state index contributed by atoms with van der Waals surface area (Å²) < 4.78 is 4.39. The Morgan fingerprint density at radius 2 is 2.00 bits per heavy atom. The highest BCUT2D eigenvalue weighted by atomic mass is 16.5. The molecule has 1 atom stereocenters. The van der Waals surface area contributed by atoms with Gasteiger partial charge in [0.05, 0.1) is 24.8 Å². The van der Waals surface area contributed by atoms with E-state index in [1.165, 1.54) is 7.11 Å². The normalized spacial score (nSPS) is 16.7. The highest BCUT2D eigenvalue weighted by Gasteiger charge is 2.29. The van der Waals surface area contributed by atoms with E-state index in [2.05, 4.69) is 20.7 Å². The molecule has 0 fully saturated rings. The summed E-state index contributed by atoms with van der Waals surface area (Å²) in [6, 6.07) is 5.53. The topological polar surface area (TPSA) is 114 Å². The minimum absolute atomic E-state index is 0.275. The average Bonchev–Trinajstić information content (AvgIpc) is 2.62. The summed E-state index contributed by atoms with van der Waals surface area (Å²) in [7, 11) is 1.20. The van der Waals surface area contributed by atoms with E-state index in [0.717, 1.165) is 0 Å². The number of esters is 1. The van der Waals surface area contributed by atoms with Gasteiger partial charge in [0.25, 0.3) is 5.91 Å². The summed E-state index contributed by atoms with van der Waals surface area (Å²) >= 11 is 0. The summed E-state index contributed by atoms with van der Waals surface area (Å²) in [6.07, 6.45) is -0.275. The minimum Gasteiger partial charge on any atom is -0.468 e. The first-order chi connectivity index (χ1) is 10.5. The van der Waals surface area contributed by atoms with Crippen LogP contribution >= 0.6 is 0 Å². The first-order valence-electron chi connectivity index (χ1n) is 6.55. The summed E-state index contributed by atoms with van der Waals surface area (Å²) in [5, 5.41) is 7.39. The quantitative estimate of drug-likeness (QED) is 0.644. The van der Waals surface area contributed by atoms with E-state index in [4.69, 9.17) is 0 Å². The third-order valence-corrected chi connectivity index (χ3v) is 3.10. The molecule has 1 aliphatic rings. The van der Waals surface area contributed by atoms with Crippen LogP contribution in [0.25, 0.3) is 0 Å². The van der Waals surface area contributed by atoms with Crippen LogP contribution in [-0.4, -0.2) is 43.4 Å². The summed E-state index contributed by atoms with van der Waals surface area (Å²) in [6.45, 7) is -0.294. The molecular formula is C14H15N3O5. The smallest absolute Gasteiger partial charge is 0.325 e. The molecule has 1 aromatic rings. The number of hydrogen-bond acceptors (Lipinski definition) is 5. The molecule has 0 saturated carbocycles. The van der Waals surface area contributed by atoms with Crippen molar-refractivity contribution in [3.05, 3.63) is 29.8 Å². The SMILES string of the molecule is COC(=O)CNC(=O)C[C@@H]1NC(=O)c2ccccc2NC1=O. The zero-order valence-electron chi connectivity index (χ0n) is 11.8. The van der Waals surface area contributed by atoms with Gasteiger partial charge < -0.3 is 20.7 Å². The number of hydrogen-bond donors (Lipinski definition) is 3. The van der Waals surface area contributed by atoms with Gasteiger partial charge in [-0.05, 0) is 12.1 Å². The molecule has 0 radical (unpaired) electrons. The number of nitrogens with one attached hydrogen (secondary N) is 3. The van der Waals surface area contributed by atoms with Gasteiger partial charge in [0.1, 0.15) is 12.6 Å². The number of carbonyl (C=O) groups is 4. The van der Waals surface area contributed by atoms with E-state index in [9.17, 15) is 19.2 Å². The number of rotatable bonds is 4. The van der Waals surface area contributed by atoms with Crippen molar-refractivity contribution in [2.75, 3.05) is 19.0 Å². The molecule has 8 nitrogen and oxygen atoms in total. The first kappa shape index (κ1) is 15.5. The second-order valence-corrected chi connectivity index (χ2v) is 4.62. The van der Waals surface area contributed by atoms with Crippen LogP contribution in [0.15, 0.2) is 24.3 Å². The molecule has 1 heterocycles. The fourth-order valence-electron chi connectivity index (χ4n) is 1.96. The Morgan fingerprint density at radius 3 is 2.73 bits per heavy atom. The number of benzene rings is 1. The molecule has 1 aromatic carbocycles. The van der Waals surface area contributed by atoms with Gasteiger partial charge in [-0.1, -0.05) is 12.1 Å². The number of anilines is 1. The molecule has 3 N–H and O–H groups in total. The Kier molecular flexibility index (Phi) is 4.72. The Balaban J connectivity index is 2.02. The fourth-order valence-corrected chi connectivity index (χ4v) is 1.96.